The number of hydrogen-bond donors (Lipinski definition) is 3. The van der Waals surface area contributed by atoms with E-state index in [1.807, 2.05) is 6.07 Å². The molecule has 1 amide bonds. The van der Waals surface area contributed by atoms with E-state index in [1.54, 1.807) is 12.1 Å². The van der Waals surface area contributed by atoms with Crippen LogP contribution < -0.4 is 10.6 Å². The van der Waals surface area contributed by atoms with Crippen LogP contribution in [-0.4, -0.2) is 29.7 Å². The molecule has 0 aliphatic heterocycles. The molecule has 7 heteroatoms. The van der Waals surface area contributed by atoms with Gasteiger partial charge in [-0.2, -0.15) is 0 Å². The van der Waals surface area contributed by atoms with Gasteiger partial charge >= 0.3 is 0 Å². The van der Waals surface area contributed by atoms with Crippen LogP contribution in [-0.2, 0) is 23.2 Å². The summed E-state index contributed by atoms with van der Waals surface area (Å²) in [6.07, 6.45) is 4.83. The Hall–Kier alpha value is -3.16. The maximum atomic E-state index is 13.7. The molecular formula is C31H35F3N2O2. The topological polar surface area (TPSA) is 61.4 Å². The molecule has 1 aliphatic rings. The largest absolute Gasteiger partial charge is 0.390 e. The van der Waals surface area contributed by atoms with Gasteiger partial charge in [0, 0.05) is 25.1 Å². The normalized spacial score (nSPS) is 16.6. The van der Waals surface area contributed by atoms with Crippen LogP contribution in [0.4, 0.5) is 13.2 Å². The van der Waals surface area contributed by atoms with E-state index in [0.717, 1.165) is 54.9 Å². The summed E-state index contributed by atoms with van der Waals surface area (Å²) in [6, 6.07) is 17.4. The van der Waals surface area contributed by atoms with E-state index >= 15 is 0 Å². The van der Waals surface area contributed by atoms with Crippen LogP contribution in [0.25, 0.3) is 0 Å². The lowest BCUT2D eigenvalue weighted by Gasteiger charge is -2.40. The van der Waals surface area contributed by atoms with Gasteiger partial charge in [-0.25, -0.2) is 13.2 Å². The number of carbonyl (C=O) groups is 1. The van der Waals surface area contributed by atoms with Crippen molar-refractivity contribution in [3.63, 3.8) is 0 Å². The van der Waals surface area contributed by atoms with Crippen molar-refractivity contribution in [1.29, 1.82) is 0 Å². The molecule has 0 saturated heterocycles. The molecule has 2 atom stereocenters. The zero-order chi connectivity index (χ0) is 27.1. The SMILES string of the molecule is CC(=O)N[C@@H](Cc1cc(F)cc(F)c1)[C@H](O)CNC1(c2cccc(Cc3ccc(F)cc3)c2)CCCCC1. The van der Waals surface area contributed by atoms with Gasteiger partial charge in [0.05, 0.1) is 12.1 Å². The van der Waals surface area contributed by atoms with Crippen molar-refractivity contribution in [2.45, 2.75) is 69.6 Å². The molecule has 3 aromatic rings. The van der Waals surface area contributed by atoms with Gasteiger partial charge in [0.2, 0.25) is 5.91 Å². The molecule has 1 fully saturated rings. The Morgan fingerprint density at radius 2 is 1.55 bits per heavy atom. The summed E-state index contributed by atoms with van der Waals surface area (Å²) in [7, 11) is 0. The number of hydrogen-bond acceptors (Lipinski definition) is 3. The molecule has 38 heavy (non-hydrogen) atoms. The molecule has 0 bridgehead atoms. The average molecular weight is 525 g/mol. The Morgan fingerprint density at radius 1 is 0.868 bits per heavy atom. The lowest BCUT2D eigenvalue weighted by molar-refractivity contribution is -0.120. The molecule has 0 spiro atoms. The second kappa shape index (κ2) is 12.6. The smallest absolute Gasteiger partial charge is 0.217 e. The van der Waals surface area contributed by atoms with Crippen LogP contribution in [0.1, 0.15) is 61.3 Å². The molecule has 3 N–H and O–H groups in total. The van der Waals surface area contributed by atoms with E-state index < -0.39 is 23.8 Å². The molecule has 0 aromatic heterocycles. The number of carbonyl (C=O) groups excluding carboxylic acids is 1. The molecule has 4 rings (SSSR count). The predicted molar refractivity (Wildman–Crippen MR) is 142 cm³/mol. The van der Waals surface area contributed by atoms with Gasteiger partial charge in [0.15, 0.2) is 0 Å². The number of amides is 1. The number of rotatable bonds is 10. The Morgan fingerprint density at radius 3 is 2.21 bits per heavy atom. The molecule has 1 aliphatic carbocycles. The fourth-order valence-corrected chi connectivity index (χ4v) is 5.51. The van der Waals surface area contributed by atoms with E-state index in [2.05, 4.69) is 28.8 Å². The van der Waals surface area contributed by atoms with Crippen LogP contribution in [0, 0.1) is 17.5 Å². The molecule has 202 valence electrons. The summed E-state index contributed by atoms with van der Waals surface area (Å²) in [5.74, 6) is -1.98. The maximum Gasteiger partial charge on any atom is 0.217 e. The summed E-state index contributed by atoms with van der Waals surface area (Å²) in [6.45, 7) is 1.56. The Balaban J connectivity index is 1.51. The van der Waals surface area contributed by atoms with E-state index in [0.29, 0.717) is 12.0 Å². The first kappa shape index (κ1) is 27.9. The van der Waals surface area contributed by atoms with Crippen molar-refractivity contribution >= 4 is 5.91 Å². The van der Waals surface area contributed by atoms with Crippen molar-refractivity contribution < 1.29 is 23.1 Å². The highest BCUT2D eigenvalue weighted by Gasteiger charge is 2.35. The van der Waals surface area contributed by atoms with Gasteiger partial charge in [0.25, 0.3) is 0 Å². The van der Waals surface area contributed by atoms with Gasteiger partial charge in [-0.05, 0) is 72.2 Å². The number of aliphatic hydroxyl groups excluding tert-OH is 1. The Bertz CT molecular complexity index is 1210. The minimum Gasteiger partial charge on any atom is -0.390 e. The van der Waals surface area contributed by atoms with Gasteiger partial charge in [-0.1, -0.05) is 55.7 Å². The first-order valence-corrected chi connectivity index (χ1v) is 13.2. The van der Waals surface area contributed by atoms with Gasteiger partial charge in [-0.3, -0.25) is 4.79 Å². The summed E-state index contributed by atoms with van der Waals surface area (Å²) in [4.78, 5) is 11.9. The maximum absolute atomic E-state index is 13.7. The van der Waals surface area contributed by atoms with E-state index in [-0.39, 0.29) is 30.2 Å². The predicted octanol–water partition coefficient (Wildman–Crippen LogP) is 5.55. The zero-order valence-corrected chi connectivity index (χ0v) is 21.7. The van der Waals surface area contributed by atoms with Crippen LogP contribution in [0.5, 0.6) is 0 Å². The fraction of sp³-hybridized carbons (Fsp3) is 0.387. The molecular weight excluding hydrogens is 489 g/mol. The van der Waals surface area contributed by atoms with E-state index in [9.17, 15) is 23.1 Å². The molecule has 3 aromatic carbocycles. The quantitative estimate of drug-likeness (QED) is 0.326. The molecule has 1 saturated carbocycles. The summed E-state index contributed by atoms with van der Waals surface area (Å²) in [5.41, 5.74) is 3.29. The van der Waals surface area contributed by atoms with Crippen molar-refractivity contribution in [2.24, 2.45) is 0 Å². The second-order valence-corrected chi connectivity index (χ2v) is 10.4. The number of aliphatic hydroxyl groups is 1. The van der Waals surface area contributed by atoms with Crippen molar-refractivity contribution in [2.75, 3.05) is 6.54 Å². The highest BCUT2D eigenvalue weighted by molar-refractivity contribution is 5.73. The van der Waals surface area contributed by atoms with Crippen molar-refractivity contribution in [1.82, 2.24) is 10.6 Å². The molecule has 0 heterocycles. The zero-order valence-electron chi connectivity index (χ0n) is 21.7. The fourth-order valence-electron chi connectivity index (χ4n) is 5.51. The number of nitrogens with one attached hydrogen (secondary N) is 2. The Labute approximate surface area is 222 Å². The standard InChI is InChI=1S/C31H35F3N2O2/c1-21(37)36-29(18-24-16-27(33)19-28(34)17-24)30(38)20-35-31(12-3-2-4-13-31)25-7-5-6-23(15-25)14-22-8-10-26(32)11-9-22/h5-11,15-17,19,29-30,35,38H,2-4,12-14,18,20H2,1H3,(H,36,37)/t29-,30+/m0/s1. The highest BCUT2D eigenvalue weighted by Crippen LogP contribution is 2.37. The minimum absolute atomic E-state index is 0.0945. The van der Waals surface area contributed by atoms with Gasteiger partial charge in [-0.15, -0.1) is 0 Å². The average Bonchev–Trinajstić information content (AvgIpc) is 2.88. The Kier molecular flexibility index (Phi) is 9.23. The highest BCUT2D eigenvalue weighted by atomic mass is 19.1. The summed E-state index contributed by atoms with van der Waals surface area (Å²) in [5, 5.41) is 17.5. The first-order chi connectivity index (χ1) is 18.2. The van der Waals surface area contributed by atoms with Crippen LogP contribution in [0.15, 0.2) is 66.7 Å². The summed E-state index contributed by atoms with van der Waals surface area (Å²) < 4.78 is 40.8. The van der Waals surface area contributed by atoms with E-state index in [1.165, 1.54) is 31.2 Å². The number of halogens is 3. The third kappa shape index (κ3) is 7.45. The third-order valence-electron chi connectivity index (χ3n) is 7.39. The minimum atomic E-state index is -0.980. The third-order valence-corrected chi connectivity index (χ3v) is 7.39. The first-order valence-electron chi connectivity index (χ1n) is 13.2. The lowest BCUT2D eigenvalue weighted by atomic mass is 9.76. The van der Waals surface area contributed by atoms with Gasteiger partial charge < -0.3 is 15.7 Å². The molecule has 0 radical (unpaired) electrons. The van der Waals surface area contributed by atoms with E-state index in [4.69, 9.17) is 0 Å². The molecule has 4 nitrogen and oxygen atoms in total. The van der Waals surface area contributed by atoms with Crippen LogP contribution in [0.2, 0.25) is 0 Å². The number of benzene rings is 3. The van der Waals surface area contributed by atoms with Crippen molar-refractivity contribution in [3.05, 3.63) is 106 Å². The molecule has 0 unspecified atom stereocenters. The van der Waals surface area contributed by atoms with Gasteiger partial charge in [0.1, 0.15) is 17.5 Å². The van der Waals surface area contributed by atoms with Crippen LogP contribution in [0.3, 0.4) is 0 Å². The summed E-state index contributed by atoms with van der Waals surface area (Å²) >= 11 is 0. The monoisotopic (exact) mass is 524 g/mol. The van der Waals surface area contributed by atoms with Crippen molar-refractivity contribution in [3.8, 4) is 0 Å². The van der Waals surface area contributed by atoms with Crippen LogP contribution >= 0.6 is 0 Å². The second-order valence-electron chi connectivity index (χ2n) is 10.4. The lowest BCUT2D eigenvalue weighted by Crippen LogP contribution is -2.53.